The van der Waals surface area contributed by atoms with E-state index in [9.17, 15) is 24.4 Å². The molecule has 1 aromatic carbocycles. The van der Waals surface area contributed by atoms with Crippen LogP contribution in [0.4, 0.5) is 10.1 Å². The SMILES string of the molecule is CC1(CO)CCCC1NC(=O)c1ccc([N+](=O)[O-])cc1F. The molecule has 6 nitrogen and oxygen atoms in total. The summed E-state index contributed by atoms with van der Waals surface area (Å²) in [5.41, 5.74) is -1.04. The minimum absolute atomic E-state index is 0.0549. The fraction of sp³-hybridized carbons (Fsp3) is 0.500. The molecule has 7 heteroatoms. The van der Waals surface area contributed by atoms with E-state index in [0.717, 1.165) is 37.5 Å². The van der Waals surface area contributed by atoms with Crippen LogP contribution in [0.15, 0.2) is 18.2 Å². The van der Waals surface area contributed by atoms with E-state index in [1.54, 1.807) is 0 Å². The quantitative estimate of drug-likeness (QED) is 0.656. The first kappa shape index (κ1) is 15.4. The Labute approximate surface area is 121 Å². The molecule has 0 bridgehead atoms. The van der Waals surface area contributed by atoms with Crippen LogP contribution in [0.3, 0.4) is 0 Å². The van der Waals surface area contributed by atoms with Crippen molar-refractivity contribution in [3.8, 4) is 0 Å². The molecule has 1 amide bonds. The molecule has 2 N–H and O–H groups in total. The van der Waals surface area contributed by atoms with E-state index in [1.165, 1.54) is 0 Å². The van der Waals surface area contributed by atoms with Gasteiger partial charge in [0.15, 0.2) is 0 Å². The molecule has 1 fully saturated rings. The van der Waals surface area contributed by atoms with Crippen LogP contribution < -0.4 is 5.32 Å². The van der Waals surface area contributed by atoms with E-state index < -0.39 is 27.8 Å². The number of nitro benzene ring substituents is 1. The number of nitro groups is 1. The molecule has 1 saturated carbocycles. The lowest BCUT2D eigenvalue weighted by atomic mass is 9.85. The Morgan fingerprint density at radius 1 is 1.62 bits per heavy atom. The van der Waals surface area contributed by atoms with E-state index in [1.807, 2.05) is 6.92 Å². The molecule has 0 heterocycles. The largest absolute Gasteiger partial charge is 0.396 e. The first-order valence-electron chi connectivity index (χ1n) is 6.73. The van der Waals surface area contributed by atoms with Gasteiger partial charge in [0.25, 0.3) is 11.6 Å². The van der Waals surface area contributed by atoms with Gasteiger partial charge in [0.2, 0.25) is 0 Å². The molecule has 0 aliphatic heterocycles. The molecule has 0 spiro atoms. The first-order chi connectivity index (χ1) is 9.87. The summed E-state index contributed by atoms with van der Waals surface area (Å²) in [6.45, 7) is 1.82. The summed E-state index contributed by atoms with van der Waals surface area (Å²) in [7, 11) is 0. The zero-order valence-corrected chi connectivity index (χ0v) is 11.6. The van der Waals surface area contributed by atoms with Crippen molar-refractivity contribution in [2.45, 2.75) is 32.2 Å². The molecule has 0 radical (unpaired) electrons. The average Bonchev–Trinajstić information content (AvgIpc) is 2.80. The van der Waals surface area contributed by atoms with Crippen molar-refractivity contribution in [2.24, 2.45) is 5.41 Å². The summed E-state index contributed by atoms with van der Waals surface area (Å²) in [6.07, 6.45) is 2.39. The highest BCUT2D eigenvalue weighted by molar-refractivity contribution is 5.95. The third-order valence-electron chi connectivity index (χ3n) is 4.16. The maximum atomic E-state index is 13.8. The van der Waals surface area contributed by atoms with Gasteiger partial charge in [-0.3, -0.25) is 14.9 Å². The zero-order chi connectivity index (χ0) is 15.6. The molecule has 2 unspecified atom stereocenters. The Balaban J connectivity index is 2.16. The maximum Gasteiger partial charge on any atom is 0.272 e. The number of hydrogen-bond acceptors (Lipinski definition) is 4. The van der Waals surface area contributed by atoms with E-state index >= 15 is 0 Å². The Hall–Kier alpha value is -2.02. The van der Waals surface area contributed by atoms with Gasteiger partial charge < -0.3 is 10.4 Å². The lowest BCUT2D eigenvalue weighted by Gasteiger charge is -2.30. The molecule has 114 valence electrons. The number of nitrogens with zero attached hydrogens (tertiary/aromatic N) is 1. The van der Waals surface area contributed by atoms with Gasteiger partial charge in [-0.05, 0) is 18.9 Å². The minimum Gasteiger partial charge on any atom is -0.396 e. The molecule has 2 rings (SSSR count). The van der Waals surface area contributed by atoms with Crippen molar-refractivity contribution in [3.05, 3.63) is 39.7 Å². The number of non-ortho nitro benzene ring substituents is 1. The number of hydrogen-bond donors (Lipinski definition) is 2. The molecule has 1 aliphatic carbocycles. The monoisotopic (exact) mass is 296 g/mol. The van der Waals surface area contributed by atoms with Crippen LogP contribution in [-0.2, 0) is 0 Å². The smallest absolute Gasteiger partial charge is 0.272 e. The number of nitrogens with one attached hydrogen (secondary N) is 1. The molecular weight excluding hydrogens is 279 g/mol. The normalized spacial score (nSPS) is 24.8. The Morgan fingerprint density at radius 3 is 2.90 bits per heavy atom. The van der Waals surface area contributed by atoms with Crippen LogP contribution in [0.1, 0.15) is 36.5 Å². The maximum absolute atomic E-state index is 13.8. The third kappa shape index (κ3) is 3.02. The van der Waals surface area contributed by atoms with Gasteiger partial charge in [0.05, 0.1) is 23.2 Å². The second-order valence-corrected chi connectivity index (χ2v) is 5.65. The molecule has 2 atom stereocenters. The fourth-order valence-corrected chi connectivity index (χ4v) is 2.71. The van der Waals surface area contributed by atoms with Crippen molar-refractivity contribution in [2.75, 3.05) is 6.61 Å². The van der Waals surface area contributed by atoms with Gasteiger partial charge in [0, 0.05) is 17.5 Å². The first-order valence-corrected chi connectivity index (χ1v) is 6.73. The minimum atomic E-state index is -0.926. The van der Waals surface area contributed by atoms with Gasteiger partial charge in [0.1, 0.15) is 5.82 Å². The highest BCUT2D eigenvalue weighted by Crippen LogP contribution is 2.37. The molecular formula is C14H17FN2O4. The summed E-state index contributed by atoms with van der Waals surface area (Å²) in [5, 5.41) is 22.7. The second-order valence-electron chi connectivity index (χ2n) is 5.65. The van der Waals surface area contributed by atoms with E-state index in [2.05, 4.69) is 5.32 Å². The number of benzene rings is 1. The lowest BCUT2D eigenvalue weighted by Crippen LogP contribution is -2.45. The van der Waals surface area contributed by atoms with Crippen LogP contribution in [0.25, 0.3) is 0 Å². The number of aliphatic hydroxyl groups excluding tert-OH is 1. The number of carbonyl (C=O) groups excluding carboxylic acids is 1. The third-order valence-corrected chi connectivity index (χ3v) is 4.16. The van der Waals surface area contributed by atoms with Crippen molar-refractivity contribution in [3.63, 3.8) is 0 Å². The summed E-state index contributed by atoms with van der Waals surface area (Å²) in [5.74, 6) is -1.54. The van der Waals surface area contributed by atoms with E-state index in [4.69, 9.17) is 0 Å². The van der Waals surface area contributed by atoms with Gasteiger partial charge in [-0.1, -0.05) is 13.3 Å². The highest BCUT2D eigenvalue weighted by atomic mass is 19.1. The fourth-order valence-electron chi connectivity index (χ4n) is 2.71. The van der Waals surface area contributed by atoms with Crippen LogP contribution in [0.2, 0.25) is 0 Å². The van der Waals surface area contributed by atoms with Gasteiger partial charge in [-0.25, -0.2) is 4.39 Å². The van der Waals surface area contributed by atoms with Crippen molar-refractivity contribution >= 4 is 11.6 Å². The average molecular weight is 296 g/mol. The Morgan fingerprint density at radius 2 is 2.33 bits per heavy atom. The van der Waals surface area contributed by atoms with Gasteiger partial charge >= 0.3 is 0 Å². The predicted octanol–water partition coefficient (Wildman–Crippen LogP) is 2.01. The lowest BCUT2D eigenvalue weighted by molar-refractivity contribution is -0.385. The zero-order valence-electron chi connectivity index (χ0n) is 11.6. The summed E-state index contributed by atoms with van der Waals surface area (Å²) in [6, 6.07) is 2.70. The molecule has 0 saturated heterocycles. The number of halogens is 1. The topological polar surface area (TPSA) is 92.5 Å². The van der Waals surface area contributed by atoms with Crippen LogP contribution in [-0.4, -0.2) is 28.6 Å². The standard InChI is InChI=1S/C14H17FN2O4/c1-14(8-18)6-2-3-12(14)16-13(19)10-5-4-9(17(20)21)7-11(10)15/h4-5,7,12,18H,2-3,6,8H2,1H3,(H,16,19). The van der Waals surface area contributed by atoms with Crippen molar-refractivity contribution in [1.29, 1.82) is 0 Å². The second kappa shape index (κ2) is 5.77. The summed E-state index contributed by atoms with van der Waals surface area (Å²) < 4.78 is 13.8. The molecule has 21 heavy (non-hydrogen) atoms. The molecule has 0 aromatic heterocycles. The molecule has 1 aromatic rings. The van der Waals surface area contributed by atoms with Crippen molar-refractivity contribution < 1.29 is 19.2 Å². The Bertz CT molecular complexity index is 578. The number of carbonyl (C=O) groups is 1. The van der Waals surface area contributed by atoms with Crippen LogP contribution in [0, 0.1) is 21.3 Å². The number of amides is 1. The predicted molar refractivity (Wildman–Crippen MR) is 73.4 cm³/mol. The number of aliphatic hydroxyl groups is 1. The molecule has 1 aliphatic rings. The van der Waals surface area contributed by atoms with Crippen LogP contribution >= 0.6 is 0 Å². The van der Waals surface area contributed by atoms with E-state index in [0.29, 0.717) is 0 Å². The van der Waals surface area contributed by atoms with Crippen molar-refractivity contribution in [1.82, 2.24) is 5.32 Å². The highest BCUT2D eigenvalue weighted by Gasteiger charge is 2.39. The summed E-state index contributed by atoms with van der Waals surface area (Å²) in [4.78, 5) is 21.9. The summed E-state index contributed by atoms with van der Waals surface area (Å²) >= 11 is 0. The van der Waals surface area contributed by atoms with Gasteiger partial charge in [-0.2, -0.15) is 0 Å². The van der Waals surface area contributed by atoms with Crippen LogP contribution in [0.5, 0.6) is 0 Å². The Kier molecular flexibility index (Phi) is 4.22. The van der Waals surface area contributed by atoms with E-state index in [-0.39, 0.29) is 18.2 Å². The number of rotatable bonds is 4. The van der Waals surface area contributed by atoms with Gasteiger partial charge in [-0.15, -0.1) is 0 Å².